The van der Waals surface area contributed by atoms with Crippen molar-refractivity contribution in [1.29, 1.82) is 0 Å². The molecule has 4 nitrogen and oxygen atoms in total. The van der Waals surface area contributed by atoms with Crippen LogP contribution in [-0.4, -0.2) is 30.3 Å². The van der Waals surface area contributed by atoms with Crippen LogP contribution in [0, 0.1) is 0 Å². The molecule has 1 heterocycles. The molecular formula is C20H16Cl2N2O2S. The number of benzene rings is 2. The smallest absolute Gasteiger partial charge is 0.264 e. The van der Waals surface area contributed by atoms with Crippen molar-refractivity contribution in [2.24, 2.45) is 0 Å². The average Bonchev–Trinajstić information content (AvgIpc) is 3.14. The van der Waals surface area contributed by atoms with Crippen LogP contribution in [0.5, 0.6) is 0 Å². The van der Waals surface area contributed by atoms with Crippen LogP contribution in [0.25, 0.3) is 11.1 Å². The molecule has 0 saturated heterocycles. The first-order chi connectivity index (χ1) is 13.0. The summed E-state index contributed by atoms with van der Waals surface area (Å²) in [6, 6.07) is 16.5. The Kier molecular flexibility index (Phi) is 6.16. The van der Waals surface area contributed by atoms with E-state index in [2.05, 4.69) is 5.32 Å². The number of rotatable bonds is 5. The molecule has 0 radical (unpaired) electrons. The van der Waals surface area contributed by atoms with Gasteiger partial charge >= 0.3 is 0 Å². The summed E-state index contributed by atoms with van der Waals surface area (Å²) in [6.07, 6.45) is 0. The SMILES string of the molecule is CN(CC(=O)Nc1c(Cl)cccc1Cl)C(=O)c1sccc1-c1ccccc1. The van der Waals surface area contributed by atoms with Crippen LogP contribution >= 0.6 is 34.5 Å². The first-order valence-electron chi connectivity index (χ1n) is 8.09. The maximum Gasteiger partial charge on any atom is 0.264 e. The fraction of sp³-hybridized carbons (Fsp3) is 0.100. The summed E-state index contributed by atoms with van der Waals surface area (Å²) in [7, 11) is 1.59. The molecule has 2 amide bonds. The van der Waals surface area contributed by atoms with E-state index in [-0.39, 0.29) is 18.4 Å². The number of hydrogen-bond donors (Lipinski definition) is 1. The first kappa shape index (κ1) is 19.4. The molecule has 0 saturated carbocycles. The van der Waals surface area contributed by atoms with E-state index in [0.29, 0.717) is 20.6 Å². The fourth-order valence-electron chi connectivity index (χ4n) is 2.58. The minimum atomic E-state index is -0.376. The predicted octanol–water partition coefficient (Wildman–Crippen LogP) is 5.43. The standard InChI is InChI=1S/C20H16Cl2N2O2S/c1-24(12-17(25)23-18-15(21)8-5-9-16(18)22)20(26)19-14(10-11-27-19)13-6-3-2-4-7-13/h2-11H,12H2,1H3,(H,23,25). The van der Waals surface area contributed by atoms with Gasteiger partial charge < -0.3 is 10.2 Å². The van der Waals surface area contributed by atoms with E-state index in [9.17, 15) is 9.59 Å². The van der Waals surface area contributed by atoms with Crippen LogP contribution in [0.4, 0.5) is 5.69 Å². The Bertz CT molecular complexity index is 953. The van der Waals surface area contributed by atoms with Crippen LogP contribution < -0.4 is 5.32 Å². The minimum absolute atomic E-state index is 0.119. The van der Waals surface area contributed by atoms with Crippen molar-refractivity contribution in [2.75, 3.05) is 18.9 Å². The second kappa shape index (κ2) is 8.57. The summed E-state index contributed by atoms with van der Waals surface area (Å²) in [5.74, 6) is -0.595. The van der Waals surface area contributed by atoms with Gasteiger partial charge in [-0.25, -0.2) is 0 Å². The maximum absolute atomic E-state index is 12.8. The van der Waals surface area contributed by atoms with Gasteiger partial charge in [-0.1, -0.05) is 59.6 Å². The Hall–Kier alpha value is -2.34. The van der Waals surface area contributed by atoms with Crippen LogP contribution in [0.1, 0.15) is 9.67 Å². The Balaban J connectivity index is 1.72. The normalized spacial score (nSPS) is 10.5. The largest absolute Gasteiger partial charge is 0.332 e. The summed E-state index contributed by atoms with van der Waals surface area (Å²) >= 11 is 13.5. The highest BCUT2D eigenvalue weighted by Gasteiger charge is 2.21. The molecule has 0 fully saturated rings. The number of nitrogens with one attached hydrogen (secondary N) is 1. The first-order valence-corrected chi connectivity index (χ1v) is 9.73. The topological polar surface area (TPSA) is 49.4 Å². The van der Waals surface area contributed by atoms with Crippen LogP contribution in [-0.2, 0) is 4.79 Å². The summed E-state index contributed by atoms with van der Waals surface area (Å²) in [4.78, 5) is 27.1. The van der Waals surface area contributed by atoms with E-state index < -0.39 is 0 Å². The number of carbonyl (C=O) groups is 2. The number of hydrogen-bond acceptors (Lipinski definition) is 3. The zero-order chi connectivity index (χ0) is 19.4. The zero-order valence-corrected chi connectivity index (χ0v) is 16.7. The monoisotopic (exact) mass is 418 g/mol. The molecule has 1 aromatic heterocycles. The van der Waals surface area contributed by atoms with Gasteiger partial charge in [-0.3, -0.25) is 9.59 Å². The lowest BCUT2D eigenvalue weighted by atomic mass is 10.1. The third-order valence-electron chi connectivity index (χ3n) is 3.90. The van der Waals surface area contributed by atoms with Gasteiger partial charge in [-0.05, 0) is 29.1 Å². The van der Waals surface area contributed by atoms with Crippen molar-refractivity contribution in [3.63, 3.8) is 0 Å². The summed E-state index contributed by atoms with van der Waals surface area (Å²) in [5, 5.41) is 5.21. The van der Waals surface area contributed by atoms with E-state index in [1.807, 2.05) is 41.8 Å². The number of likely N-dealkylation sites (N-methyl/N-ethyl adjacent to an activating group) is 1. The predicted molar refractivity (Wildman–Crippen MR) is 112 cm³/mol. The number of halogens is 2. The summed E-state index contributed by atoms with van der Waals surface area (Å²) in [6.45, 7) is -0.119. The lowest BCUT2D eigenvalue weighted by molar-refractivity contribution is -0.116. The summed E-state index contributed by atoms with van der Waals surface area (Å²) in [5.41, 5.74) is 2.16. The molecule has 27 heavy (non-hydrogen) atoms. The van der Waals surface area contributed by atoms with Gasteiger partial charge in [-0.15, -0.1) is 11.3 Å². The molecule has 0 unspecified atom stereocenters. The van der Waals surface area contributed by atoms with Gasteiger partial charge in [-0.2, -0.15) is 0 Å². The third kappa shape index (κ3) is 4.50. The number of para-hydroxylation sites is 1. The summed E-state index contributed by atoms with van der Waals surface area (Å²) < 4.78 is 0. The molecule has 0 atom stereocenters. The van der Waals surface area contributed by atoms with Crippen LogP contribution in [0.15, 0.2) is 60.0 Å². The van der Waals surface area contributed by atoms with E-state index in [1.54, 1.807) is 25.2 Å². The van der Waals surface area contributed by atoms with Gasteiger partial charge in [0.2, 0.25) is 5.91 Å². The molecular weight excluding hydrogens is 403 g/mol. The minimum Gasteiger partial charge on any atom is -0.332 e. The molecule has 7 heteroatoms. The van der Waals surface area contributed by atoms with Gasteiger partial charge in [0.1, 0.15) is 0 Å². The highest BCUT2D eigenvalue weighted by Crippen LogP contribution is 2.30. The molecule has 0 aliphatic rings. The van der Waals surface area contributed by atoms with Gasteiger partial charge in [0.15, 0.2) is 0 Å². The van der Waals surface area contributed by atoms with Crippen molar-refractivity contribution in [2.45, 2.75) is 0 Å². The number of carbonyl (C=O) groups excluding carboxylic acids is 2. The molecule has 0 spiro atoms. The van der Waals surface area contributed by atoms with Crippen molar-refractivity contribution in [3.8, 4) is 11.1 Å². The van der Waals surface area contributed by atoms with Gasteiger partial charge in [0.25, 0.3) is 5.91 Å². The molecule has 0 aliphatic carbocycles. The van der Waals surface area contributed by atoms with Gasteiger partial charge in [0.05, 0.1) is 27.2 Å². The van der Waals surface area contributed by atoms with E-state index >= 15 is 0 Å². The Labute approximate surface area is 171 Å². The van der Waals surface area contributed by atoms with Crippen LogP contribution in [0.3, 0.4) is 0 Å². The lowest BCUT2D eigenvalue weighted by Gasteiger charge is -2.17. The van der Waals surface area contributed by atoms with Crippen molar-refractivity contribution < 1.29 is 9.59 Å². The highest BCUT2D eigenvalue weighted by molar-refractivity contribution is 7.12. The molecule has 3 aromatic rings. The molecule has 2 aromatic carbocycles. The number of thiophene rings is 1. The maximum atomic E-state index is 12.8. The third-order valence-corrected chi connectivity index (χ3v) is 5.43. The fourth-order valence-corrected chi connectivity index (χ4v) is 3.98. The average molecular weight is 419 g/mol. The molecule has 0 aliphatic heterocycles. The van der Waals surface area contributed by atoms with Gasteiger partial charge in [0, 0.05) is 12.6 Å². The van der Waals surface area contributed by atoms with E-state index in [0.717, 1.165) is 11.1 Å². The molecule has 138 valence electrons. The Morgan fingerprint density at radius 1 is 1.00 bits per heavy atom. The lowest BCUT2D eigenvalue weighted by Crippen LogP contribution is -2.34. The Morgan fingerprint density at radius 3 is 2.33 bits per heavy atom. The molecule has 3 rings (SSSR count). The molecule has 1 N–H and O–H groups in total. The number of anilines is 1. The van der Waals surface area contributed by atoms with Crippen molar-refractivity contribution >= 4 is 52.0 Å². The second-order valence-corrected chi connectivity index (χ2v) is 7.57. The second-order valence-electron chi connectivity index (χ2n) is 5.84. The van der Waals surface area contributed by atoms with Crippen LogP contribution in [0.2, 0.25) is 10.0 Å². The van der Waals surface area contributed by atoms with Crippen molar-refractivity contribution in [1.82, 2.24) is 4.90 Å². The van der Waals surface area contributed by atoms with E-state index in [4.69, 9.17) is 23.2 Å². The number of nitrogens with zero attached hydrogens (tertiary/aromatic N) is 1. The Morgan fingerprint density at radius 2 is 1.67 bits per heavy atom. The highest BCUT2D eigenvalue weighted by atomic mass is 35.5. The zero-order valence-electron chi connectivity index (χ0n) is 14.4. The number of amides is 2. The van der Waals surface area contributed by atoms with Crippen molar-refractivity contribution in [3.05, 3.63) is 74.9 Å². The van der Waals surface area contributed by atoms with E-state index in [1.165, 1.54) is 16.2 Å². The quantitative estimate of drug-likeness (QED) is 0.599. The molecule has 0 bridgehead atoms.